The van der Waals surface area contributed by atoms with E-state index in [9.17, 15) is 0 Å². The Morgan fingerprint density at radius 1 is 0.456 bits per heavy atom. The molecule has 270 valence electrons. The summed E-state index contributed by atoms with van der Waals surface area (Å²) in [5.74, 6) is 1.10. The molecule has 2 heterocycles. The Hall–Kier alpha value is -7.63. The van der Waals surface area contributed by atoms with E-state index in [1.807, 2.05) is 54.6 Å². The minimum Gasteiger partial charge on any atom is -0.456 e. The molecule has 0 aliphatic heterocycles. The maximum atomic E-state index is 6.26. The summed E-state index contributed by atoms with van der Waals surface area (Å²) in [6, 6.07) is 67.3. The topological polar surface area (TPSA) is 55.1 Å². The SMILES string of the molecule is C=N/C(=N\C(=N/Cc1ccc(-c2ccccc2)cc1)c1ccccc1)c1cccc(-n2c3ccccc3c3ccc(-c4ccc5c(c4)oc4ccccc45)cc32)c1. The van der Waals surface area contributed by atoms with Crippen LogP contribution in [-0.4, -0.2) is 23.0 Å². The number of hydrogen-bond acceptors (Lipinski definition) is 2. The van der Waals surface area contributed by atoms with Gasteiger partial charge in [0.2, 0.25) is 0 Å². The average Bonchev–Trinajstić information content (AvgIpc) is 3.82. The van der Waals surface area contributed by atoms with Gasteiger partial charge in [0, 0.05) is 38.4 Å². The van der Waals surface area contributed by atoms with Crippen LogP contribution in [0.3, 0.4) is 0 Å². The molecule has 0 saturated heterocycles. The van der Waals surface area contributed by atoms with Crippen LogP contribution in [-0.2, 0) is 6.54 Å². The molecule has 57 heavy (non-hydrogen) atoms. The molecule has 5 nitrogen and oxygen atoms in total. The van der Waals surface area contributed by atoms with E-state index in [2.05, 4.69) is 156 Å². The van der Waals surface area contributed by atoms with Crippen LogP contribution in [0.1, 0.15) is 16.7 Å². The zero-order valence-corrected chi connectivity index (χ0v) is 31.1. The Morgan fingerprint density at radius 2 is 1.07 bits per heavy atom. The van der Waals surface area contributed by atoms with Gasteiger partial charge in [-0.2, -0.15) is 0 Å². The van der Waals surface area contributed by atoms with Crippen LogP contribution in [0.25, 0.3) is 71.7 Å². The van der Waals surface area contributed by atoms with E-state index in [0.717, 1.165) is 66.5 Å². The van der Waals surface area contributed by atoms with E-state index in [-0.39, 0.29) is 0 Å². The van der Waals surface area contributed by atoms with Gasteiger partial charge in [0.1, 0.15) is 11.2 Å². The molecule has 0 fully saturated rings. The van der Waals surface area contributed by atoms with Crippen LogP contribution in [0.2, 0.25) is 0 Å². The number of aromatic nitrogens is 1. The van der Waals surface area contributed by atoms with Crippen molar-refractivity contribution in [2.24, 2.45) is 15.0 Å². The number of para-hydroxylation sites is 2. The number of rotatable bonds is 7. The summed E-state index contributed by atoms with van der Waals surface area (Å²) in [6.45, 7) is 4.44. The number of nitrogens with zero attached hydrogens (tertiary/aromatic N) is 4. The van der Waals surface area contributed by atoms with Gasteiger partial charge in [-0.25, -0.2) is 9.98 Å². The van der Waals surface area contributed by atoms with E-state index in [1.165, 1.54) is 21.9 Å². The molecule has 2 aromatic heterocycles. The highest BCUT2D eigenvalue weighted by molar-refractivity contribution is 6.14. The van der Waals surface area contributed by atoms with Crippen molar-refractivity contribution in [1.82, 2.24) is 4.57 Å². The Kier molecular flexibility index (Phi) is 8.65. The summed E-state index contributed by atoms with van der Waals surface area (Å²) in [5, 5.41) is 4.61. The molecule has 10 rings (SSSR count). The van der Waals surface area contributed by atoms with Gasteiger partial charge in [0.05, 0.1) is 17.6 Å². The molecule has 5 heteroatoms. The highest BCUT2D eigenvalue weighted by Gasteiger charge is 2.16. The Morgan fingerprint density at radius 3 is 1.88 bits per heavy atom. The van der Waals surface area contributed by atoms with Crippen molar-refractivity contribution in [3.63, 3.8) is 0 Å². The maximum Gasteiger partial charge on any atom is 0.161 e. The van der Waals surface area contributed by atoms with Crippen molar-refractivity contribution in [3.8, 4) is 27.9 Å². The molecule has 0 atom stereocenters. The quantitative estimate of drug-likeness (QED) is 0.119. The molecular formula is C52H36N4O. The summed E-state index contributed by atoms with van der Waals surface area (Å²) in [7, 11) is 0. The van der Waals surface area contributed by atoms with Gasteiger partial charge in [-0.3, -0.25) is 4.99 Å². The third kappa shape index (κ3) is 6.41. The van der Waals surface area contributed by atoms with E-state index in [1.54, 1.807) is 0 Å². The number of furan rings is 1. The molecule has 8 aromatic carbocycles. The molecule has 0 amide bonds. The van der Waals surface area contributed by atoms with Crippen LogP contribution in [0.4, 0.5) is 0 Å². The summed E-state index contributed by atoms with van der Waals surface area (Å²) < 4.78 is 8.59. The minimum atomic E-state index is 0.472. The first kappa shape index (κ1) is 33.9. The van der Waals surface area contributed by atoms with Crippen molar-refractivity contribution in [1.29, 1.82) is 0 Å². The van der Waals surface area contributed by atoms with E-state index >= 15 is 0 Å². The van der Waals surface area contributed by atoms with Crippen molar-refractivity contribution >= 4 is 62.1 Å². The number of aliphatic imine (C=N–C) groups is 3. The fourth-order valence-electron chi connectivity index (χ4n) is 7.79. The van der Waals surface area contributed by atoms with Crippen LogP contribution in [0, 0.1) is 0 Å². The van der Waals surface area contributed by atoms with Crippen molar-refractivity contribution < 1.29 is 4.42 Å². The summed E-state index contributed by atoms with van der Waals surface area (Å²) >= 11 is 0. The second-order valence-corrected chi connectivity index (χ2v) is 14.1. The van der Waals surface area contributed by atoms with Gasteiger partial charge in [0.15, 0.2) is 11.7 Å². The molecule has 0 bridgehead atoms. The fourth-order valence-corrected chi connectivity index (χ4v) is 7.79. The number of fused-ring (bicyclic) bond motifs is 6. The highest BCUT2D eigenvalue weighted by Crippen LogP contribution is 2.37. The van der Waals surface area contributed by atoms with E-state index < -0.39 is 0 Å². The van der Waals surface area contributed by atoms with Crippen LogP contribution < -0.4 is 0 Å². The third-order valence-electron chi connectivity index (χ3n) is 10.6. The number of hydrogen-bond donors (Lipinski definition) is 0. The zero-order chi connectivity index (χ0) is 38.1. The van der Waals surface area contributed by atoms with Gasteiger partial charge >= 0.3 is 0 Å². The van der Waals surface area contributed by atoms with E-state index in [4.69, 9.17) is 14.4 Å². The Balaban J connectivity index is 1.04. The second-order valence-electron chi connectivity index (χ2n) is 14.1. The van der Waals surface area contributed by atoms with Gasteiger partial charge < -0.3 is 8.98 Å². The largest absolute Gasteiger partial charge is 0.456 e. The number of benzene rings is 8. The Labute approximate surface area is 330 Å². The number of amidine groups is 2. The lowest BCUT2D eigenvalue weighted by Crippen LogP contribution is -2.06. The molecular weight excluding hydrogens is 697 g/mol. The highest BCUT2D eigenvalue weighted by atomic mass is 16.3. The van der Waals surface area contributed by atoms with Crippen LogP contribution in [0.5, 0.6) is 0 Å². The lowest BCUT2D eigenvalue weighted by atomic mass is 10.0. The summed E-state index contributed by atoms with van der Waals surface area (Å²) in [5.41, 5.74) is 12.4. The first-order chi connectivity index (χ1) is 28.2. The van der Waals surface area contributed by atoms with Crippen molar-refractivity contribution in [3.05, 3.63) is 211 Å². The predicted octanol–water partition coefficient (Wildman–Crippen LogP) is 13.1. The molecule has 0 spiro atoms. The lowest BCUT2D eigenvalue weighted by Gasteiger charge is -2.11. The third-order valence-corrected chi connectivity index (χ3v) is 10.6. The maximum absolute atomic E-state index is 6.26. The Bertz CT molecular complexity index is 3150. The van der Waals surface area contributed by atoms with Gasteiger partial charge in [-0.05, 0) is 77.0 Å². The predicted molar refractivity (Wildman–Crippen MR) is 238 cm³/mol. The van der Waals surface area contributed by atoms with Gasteiger partial charge in [-0.15, -0.1) is 0 Å². The first-order valence-corrected chi connectivity index (χ1v) is 19.1. The zero-order valence-electron chi connectivity index (χ0n) is 31.1. The van der Waals surface area contributed by atoms with Gasteiger partial charge in [-0.1, -0.05) is 152 Å². The summed E-state index contributed by atoms with van der Waals surface area (Å²) in [6.07, 6.45) is 0. The summed E-state index contributed by atoms with van der Waals surface area (Å²) in [4.78, 5) is 14.6. The normalized spacial score (nSPS) is 12.2. The standard InChI is InChI=1S/C52H36N4O/c1-53-51(55-52(38-15-6-3-7-16-38)54-34-35-23-25-37(26-24-35)36-13-4-2-5-14-36)41-17-12-18-42(31-41)56-47-21-10-8-19-43(47)44-29-27-39(32-48(44)56)40-28-30-46-45-20-9-11-22-49(45)57-50(46)33-40/h2-33H,1,34H2/b54-52-,55-51-. The van der Waals surface area contributed by atoms with Crippen molar-refractivity contribution in [2.45, 2.75) is 6.54 Å². The van der Waals surface area contributed by atoms with Crippen LogP contribution >= 0.6 is 0 Å². The molecule has 0 aliphatic carbocycles. The van der Waals surface area contributed by atoms with E-state index in [0.29, 0.717) is 18.2 Å². The fraction of sp³-hybridized carbons (Fsp3) is 0.0192. The molecule has 0 N–H and O–H groups in total. The lowest BCUT2D eigenvalue weighted by molar-refractivity contribution is 0.669. The smallest absolute Gasteiger partial charge is 0.161 e. The monoisotopic (exact) mass is 732 g/mol. The minimum absolute atomic E-state index is 0.472. The molecule has 0 saturated carbocycles. The second kappa shape index (κ2) is 14.5. The van der Waals surface area contributed by atoms with Gasteiger partial charge in [0.25, 0.3) is 0 Å². The molecule has 0 aliphatic rings. The molecule has 10 aromatic rings. The average molecular weight is 733 g/mol. The molecule has 0 radical (unpaired) electrons. The first-order valence-electron chi connectivity index (χ1n) is 19.1. The molecule has 0 unspecified atom stereocenters. The van der Waals surface area contributed by atoms with Crippen molar-refractivity contribution in [2.75, 3.05) is 0 Å². The van der Waals surface area contributed by atoms with Crippen LogP contribution in [0.15, 0.2) is 214 Å².